The highest BCUT2D eigenvalue weighted by atomic mass is 32.2. The van der Waals surface area contributed by atoms with Crippen molar-refractivity contribution in [1.82, 2.24) is 10.3 Å². The third-order valence-electron chi connectivity index (χ3n) is 6.26. The van der Waals surface area contributed by atoms with Gasteiger partial charge in [0.05, 0.1) is 26.2 Å². The molecular weight excluding hydrogens is 514 g/mol. The monoisotopic (exact) mass is 547 g/mol. The predicted molar refractivity (Wildman–Crippen MR) is 153 cm³/mol. The van der Waals surface area contributed by atoms with Crippen molar-refractivity contribution >= 4 is 29.8 Å². The van der Waals surface area contributed by atoms with Gasteiger partial charge in [-0.15, -0.1) is 11.8 Å². The van der Waals surface area contributed by atoms with E-state index >= 15 is 0 Å². The lowest BCUT2D eigenvalue weighted by Gasteiger charge is -2.26. The minimum Gasteiger partial charge on any atom is -0.497 e. The number of nitrogens with one attached hydrogen (secondary N) is 1. The maximum Gasteiger partial charge on any atom is 0.253 e. The zero-order valence-corrected chi connectivity index (χ0v) is 23.0. The Morgan fingerprint density at radius 2 is 1.67 bits per heavy atom. The Hall–Kier alpha value is -3.98. The first-order valence-electron chi connectivity index (χ1n) is 12.8. The van der Waals surface area contributed by atoms with Crippen LogP contribution in [0.1, 0.15) is 40.7 Å². The maximum atomic E-state index is 12.7. The minimum atomic E-state index is -0.206. The highest BCUT2D eigenvalue weighted by Gasteiger charge is 2.18. The summed E-state index contributed by atoms with van der Waals surface area (Å²) in [4.78, 5) is 27.7. The Kier molecular flexibility index (Phi) is 10.2. The second kappa shape index (κ2) is 14.2. The van der Waals surface area contributed by atoms with E-state index < -0.39 is 0 Å². The van der Waals surface area contributed by atoms with Crippen LogP contribution in [0.2, 0.25) is 0 Å². The molecule has 0 bridgehead atoms. The maximum absolute atomic E-state index is 12.7. The molecule has 9 heteroatoms. The largest absolute Gasteiger partial charge is 0.497 e. The summed E-state index contributed by atoms with van der Waals surface area (Å²) < 4.78 is 16.6. The zero-order valence-electron chi connectivity index (χ0n) is 22.2. The highest BCUT2D eigenvalue weighted by molar-refractivity contribution is 8.00. The number of hydrazone groups is 1. The van der Waals surface area contributed by atoms with Gasteiger partial charge in [0, 0.05) is 23.5 Å². The Morgan fingerprint density at radius 1 is 0.923 bits per heavy atom. The second-order valence-corrected chi connectivity index (χ2v) is 10.1. The van der Waals surface area contributed by atoms with Gasteiger partial charge in [-0.05, 0) is 85.0 Å². The Labute approximate surface area is 233 Å². The number of amides is 2. The molecule has 204 valence electrons. The molecule has 0 radical (unpaired) electrons. The molecule has 0 spiro atoms. The van der Waals surface area contributed by atoms with Crippen LogP contribution in [0, 0.1) is 0 Å². The average molecular weight is 548 g/mol. The van der Waals surface area contributed by atoms with Crippen molar-refractivity contribution in [3.8, 4) is 17.2 Å². The Bertz CT molecular complexity index is 1270. The predicted octanol–water partition coefficient (Wildman–Crippen LogP) is 5.15. The Balaban J connectivity index is 1.25. The van der Waals surface area contributed by atoms with E-state index in [-0.39, 0.29) is 17.6 Å². The fraction of sp³-hybridized carbons (Fsp3) is 0.300. The van der Waals surface area contributed by atoms with E-state index in [0.29, 0.717) is 23.7 Å². The fourth-order valence-corrected chi connectivity index (χ4v) is 4.79. The van der Waals surface area contributed by atoms with Gasteiger partial charge in [0.15, 0.2) is 11.5 Å². The number of methoxy groups -OCH3 is 2. The average Bonchev–Trinajstić information content (AvgIpc) is 2.99. The third-order valence-corrected chi connectivity index (χ3v) is 7.27. The summed E-state index contributed by atoms with van der Waals surface area (Å²) in [5, 5.41) is 4.05. The molecule has 0 atom stereocenters. The molecule has 3 aromatic rings. The summed E-state index contributed by atoms with van der Waals surface area (Å²) in [7, 11) is 3.19. The summed E-state index contributed by atoms with van der Waals surface area (Å²) in [5.41, 5.74) is 4.95. The lowest BCUT2D eigenvalue weighted by atomic mass is 10.1. The van der Waals surface area contributed by atoms with E-state index in [2.05, 4.69) is 10.5 Å². The molecule has 1 N–H and O–H groups in total. The molecule has 8 nitrogen and oxygen atoms in total. The number of benzene rings is 3. The smallest absolute Gasteiger partial charge is 0.253 e. The number of nitrogens with zero attached hydrogens (tertiary/aromatic N) is 2. The van der Waals surface area contributed by atoms with Crippen LogP contribution >= 0.6 is 11.8 Å². The molecule has 0 saturated carbocycles. The molecule has 39 heavy (non-hydrogen) atoms. The highest BCUT2D eigenvalue weighted by Crippen LogP contribution is 2.28. The molecule has 1 heterocycles. The normalized spacial score (nSPS) is 13.2. The van der Waals surface area contributed by atoms with Gasteiger partial charge in [0.1, 0.15) is 12.4 Å². The van der Waals surface area contributed by atoms with Crippen LogP contribution in [-0.2, 0) is 11.4 Å². The number of carbonyl (C=O) groups is 2. The van der Waals surface area contributed by atoms with Gasteiger partial charge in [-0.3, -0.25) is 9.59 Å². The van der Waals surface area contributed by atoms with Crippen molar-refractivity contribution in [3.63, 3.8) is 0 Å². The number of hydrogen-bond acceptors (Lipinski definition) is 7. The van der Waals surface area contributed by atoms with Crippen LogP contribution in [0.4, 0.5) is 0 Å². The molecule has 3 aromatic carbocycles. The Morgan fingerprint density at radius 3 is 2.36 bits per heavy atom. The van der Waals surface area contributed by atoms with Crippen molar-refractivity contribution in [2.45, 2.75) is 30.8 Å². The van der Waals surface area contributed by atoms with Gasteiger partial charge in [0.2, 0.25) is 5.91 Å². The minimum absolute atomic E-state index is 0.0910. The number of ether oxygens (including phenoxy) is 3. The summed E-state index contributed by atoms with van der Waals surface area (Å²) in [6.07, 6.45) is 4.89. The number of thioether (sulfide) groups is 1. The topological polar surface area (TPSA) is 89.5 Å². The summed E-state index contributed by atoms with van der Waals surface area (Å²) in [5.74, 6) is 2.04. The standard InChI is InChI=1S/C30H33N3O5S/c1-36-25-11-13-26(14-12-25)39-21-29(34)32-31-19-23-8-15-27(28(18-23)37-2)38-20-22-6-9-24(10-7-22)30(35)33-16-4-3-5-17-33/h6-15,18-19H,3-5,16-17,20-21H2,1-2H3,(H,32,34)/b31-19+. The summed E-state index contributed by atoms with van der Waals surface area (Å²) >= 11 is 1.42. The van der Waals surface area contributed by atoms with E-state index in [1.165, 1.54) is 18.2 Å². The first-order valence-corrected chi connectivity index (χ1v) is 13.8. The molecule has 0 aromatic heterocycles. The van der Waals surface area contributed by atoms with Gasteiger partial charge >= 0.3 is 0 Å². The van der Waals surface area contributed by atoms with Crippen molar-refractivity contribution in [2.24, 2.45) is 5.10 Å². The zero-order chi connectivity index (χ0) is 27.5. The van der Waals surface area contributed by atoms with Gasteiger partial charge in [-0.2, -0.15) is 5.10 Å². The molecule has 1 aliphatic heterocycles. The number of rotatable bonds is 11. The molecular formula is C30H33N3O5S. The first kappa shape index (κ1) is 28.0. The number of hydrogen-bond donors (Lipinski definition) is 1. The molecule has 2 amide bonds. The number of piperidine rings is 1. The van der Waals surface area contributed by atoms with Crippen molar-refractivity contribution in [2.75, 3.05) is 33.1 Å². The number of carbonyl (C=O) groups excluding carboxylic acids is 2. The molecule has 1 fully saturated rings. The van der Waals surface area contributed by atoms with Crippen LogP contribution in [0.5, 0.6) is 17.2 Å². The number of likely N-dealkylation sites (tertiary alicyclic amines) is 1. The van der Waals surface area contributed by atoms with Gasteiger partial charge < -0.3 is 19.1 Å². The van der Waals surface area contributed by atoms with Gasteiger partial charge in [0.25, 0.3) is 5.91 Å². The molecule has 1 aliphatic rings. The van der Waals surface area contributed by atoms with Crippen LogP contribution in [-0.4, -0.2) is 56.0 Å². The van der Waals surface area contributed by atoms with Crippen LogP contribution < -0.4 is 19.6 Å². The second-order valence-electron chi connectivity index (χ2n) is 9.01. The van der Waals surface area contributed by atoms with E-state index in [4.69, 9.17) is 14.2 Å². The van der Waals surface area contributed by atoms with E-state index in [1.54, 1.807) is 32.6 Å². The quantitative estimate of drug-likeness (QED) is 0.203. The van der Waals surface area contributed by atoms with Crippen LogP contribution in [0.15, 0.2) is 76.7 Å². The van der Waals surface area contributed by atoms with Gasteiger partial charge in [-0.1, -0.05) is 12.1 Å². The summed E-state index contributed by atoms with van der Waals surface area (Å²) in [6, 6.07) is 20.5. The van der Waals surface area contributed by atoms with Crippen molar-refractivity contribution in [1.29, 1.82) is 0 Å². The SMILES string of the molecule is COc1ccc(SCC(=O)N/N=C/c2ccc(OCc3ccc(C(=O)N4CCCCC4)cc3)c(OC)c2)cc1. The lowest BCUT2D eigenvalue weighted by Crippen LogP contribution is -2.35. The molecule has 0 aliphatic carbocycles. The fourth-order valence-electron chi connectivity index (χ4n) is 4.10. The van der Waals surface area contributed by atoms with Crippen molar-refractivity contribution in [3.05, 3.63) is 83.4 Å². The summed E-state index contributed by atoms with van der Waals surface area (Å²) in [6.45, 7) is 2.00. The van der Waals surface area contributed by atoms with Crippen LogP contribution in [0.3, 0.4) is 0 Å². The first-order chi connectivity index (χ1) is 19.1. The molecule has 1 saturated heterocycles. The van der Waals surface area contributed by atoms with Crippen molar-refractivity contribution < 1.29 is 23.8 Å². The molecule has 4 rings (SSSR count). The van der Waals surface area contributed by atoms with E-state index in [9.17, 15) is 9.59 Å². The molecule has 0 unspecified atom stereocenters. The van der Waals surface area contributed by atoms with E-state index in [1.807, 2.05) is 59.5 Å². The third kappa shape index (κ3) is 8.25. The van der Waals surface area contributed by atoms with Crippen LogP contribution in [0.25, 0.3) is 0 Å². The van der Waals surface area contributed by atoms with E-state index in [0.717, 1.165) is 47.7 Å². The van der Waals surface area contributed by atoms with Gasteiger partial charge in [-0.25, -0.2) is 5.43 Å². The lowest BCUT2D eigenvalue weighted by molar-refractivity contribution is -0.118.